The maximum Gasteiger partial charge on any atom is 0.244 e. The number of aliphatic hydroxyl groups is 1. The first-order valence-corrected chi connectivity index (χ1v) is 8.43. The van der Waals surface area contributed by atoms with Crippen molar-refractivity contribution in [3.05, 3.63) is 29.3 Å². The molecule has 2 heterocycles. The Labute approximate surface area is 136 Å². The van der Waals surface area contributed by atoms with Crippen LogP contribution in [-0.4, -0.2) is 47.7 Å². The summed E-state index contributed by atoms with van der Waals surface area (Å²) >= 11 is 5.92. The standard InChI is InChI=1S/C17H23ClN2O2/c1-12(21)13-3-2-9-19(11-13)16-8-10-20(17(16)22)15-6-4-14(18)5-7-15/h4-7,12-13,16,21H,2-3,8-11H2,1H3. The number of halogens is 1. The number of anilines is 1. The van der Waals surface area contributed by atoms with Gasteiger partial charge in [-0.2, -0.15) is 0 Å². The number of amides is 1. The molecule has 1 N–H and O–H groups in total. The minimum Gasteiger partial charge on any atom is -0.393 e. The van der Waals surface area contributed by atoms with Crippen molar-refractivity contribution in [2.45, 2.75) is 38.3 Å². The van der Waals surface area contributed by atoms with E-state index in [0.29, 0.717) is 5.02 Å². The van der Waals surface area contributed by atoms with Gasteiger partial charge in [-0.05, 0) is 62.9 Å². The Morgan fingerprint density at radius 3 is 2.64 bits per heavy atom. The topological polar surface area (TPSA) is 43.8 Å². The zero-order valence-corrected chi connectivity index (χ0v) is 13.7. The van der Waals surface area contributed by atoms with Gasteiger partial charge in [0.25, 0.3) is 0 Å². The monoisotopic (exact) mass is 322 g/mol. The molecule has 3 atom stereocenters. The first kappa shape index (κ1) is 15.8. The van der Waals surface area contributed by atoms with E-state index in [0.717, 1.165) is 44.6 Å². The zero-order chi connectivity index (χ0) is 15.7. The molecule has 2 aliphatic rings. The van der Waals surface area contributed by atoms with Crippen LogP contribution in [0.4, 0.5) is 5.69 Å². The number of rotatable bonds is 3. The summed E-state index contributed by atoms with van der Waals surface area (Å²) in [6.45, 7) is 4.38. The number of hydrogen-bond acceptors (Lipinski definition) is 3. The molecule has 120 valence electrons. The van der Waals surface area contributed by atoms with Gasteiger partial charge in [0.1, 0.15) is 0 Å². The summed E-state index contributed by atoms with van der Waals surface area (Å²) < 4.78 is 0. The summed E-state index contributed by atoms with van der Waals surface area (Å²) in [5.74, 6) is 0.458. The molecule has 0 radical (unpaired) electrons. The second-order valence-corrected chi connectivity index (χ2v) is 6.85. The maximum atomic E-state index is 12.8. The van der Waals surface area contributed by atoms with Gasteiger partial charge >= 0.3 is 0 Å². The molecule has 2 fully saturated rings. The highest BCUT2D eigenvalue weighted by Gasteiger charge is 2.38. The predicted octanol–water partition coefficient (Wildman–Crippen LogP) is 2.54. The Morgan fingerprint density at radius 2 is 1.95 bits per heavy atom. The quantitative estimate of drug-likeness (QED) is 0.930. The summed E-state index contributed by atoms with van der Waals surface area (Å²) in [4.78, 5) is 16.9. The molecular formula is C17H23ClN2O2. The number of benzene rings is 1. The van der Waals surface area contributed by atoms with Crippen molar-refractivity contribution < 1.29 is 9.90 Å². The number of aliphatic hydroxyl groups excluding tert-OH is 1. The van der Waals surface area contributed by atoms with Crippen molar-refractivity contribution in [1.82, 2.24) is 4.90 Å². The van der Waals surface area contributed by atoms with Crippen molar-refractivity contribution >= 4 is 23.2 Å². The van der Waals surface area contributed by atoms with Gasteiger partial charge in [0.05, 0.1) is 12.1 Å². The van der Waals surface area contributed by atoms with E-state index in [1.165, 1.54) is 0 Å². The van der Waals surface area contributed by atoms with E-state index in [2.05, 4.69) is 4.90 Å². The van der Waals surface area contributed by atoms with Crippen LogP contribution in [0.3, 0.4) is 0 Å². The van der Waals surface area contributed by atoms with Crippen LogP contribution in [0.2, 0.25) is 5.02 Å². The number of piperidine rings is 1. The summed E-state index contributed by atoms with van der Waals surface area (Å²) in [6.07, 6.45) is 2.66. The number of hydrogen-bond donors (Lipinski definition) is 1. The van der Waals surface area contributed by atoms with Crippen LogP contribution in [-0.2, 0) is 4.79 Å². The van der Waals surface area contributed by atoms with Crippen molar-refractivity contribution in [1.29, 1.82) is 0 Å². The lowest BCUT2D eigenvalue weighted by molar-refractivity contribution is -0.122. The molecule has 0 spiro atoms. The van der Waals surface area contributed by atoms with E-state index in [9.17, 15) is 9.90 Å². The van der Waals surface area contributed by atoms with Gasteiger partial charge in [0, 0.05) is 23.8 Å². The molecule has 0 bridgehead atoms. The van der Waals surface area contributed by atoms with Gasteiger partial charge in [0.2, 0.25) is 5.91 Å². The molecule has 22 heavy (non-hydrogen) atoms. The number of likely N-dealkylation sites (tertiary alicyclic amines) is 1. The lowest BCUT2D eigenvalue weighted by Crippen LogP contribution is -2.48. The van der Waals surface area contributed by atoms with E-state index >= 15 is 0 Å². The number of carbonyl (C=O) groups excluding carboxylic acids is 1. The Hall–Kier alpha value is -1.10. The summed E-state index contributed by atoms with van der Waals surface area (Å²) in [7, 11) is 0. The summed E-state index contributed by atoms with van der Waals surface area (Å²) in [5.41, 5.74) is 0.918. The molecule has 3 rings (SSSR count). The van der Waals surface area contributed by atoms with E-state index in [-0.39, 0.29) is 24.0 Å². The average molecular weight is 323 g/mol. The maximum absolute atomic E-state index is 12.8. The molecular weight excluding hydrogens is 300 g/mol. The predicted molar refractivity (Wildman–Crippen MR) is 88.2 cm³/mol. The highest BCUT2D eigenvalue weighted by atomic mass is 35.5. The Kier molecular flexibility index (Phi) is 4.71. The minimum absolute atomic E-state index is 0.0442. The highest BCUT2D eigenvalue weighted by Crippen LogP contribution is 2.29. The Balaban J connectivity index is 1.69. The molecule has 0 aromatic heterocycles. The minimum atomic E-state index is -0.299. The van der Waals surface area contributed by atoms with Crippen LogP contribution in [0.15, 0.2) is 24.3 Å². The molecule has 1 aromatic carbocycles. The van der Waals surface area contributed by atoms with Gasteiger partial charge in [-0.1, -0.05) is 11.6 Å². The number of nitrogens with zero attached hydrogens (tertiary/aromatic N) is 2. The third-order valence-corrected chi connectivity index (χ3v) is 5.18. The lowest BCUT2D eigenvalue weighted by Gasteiger charge is -2.37. The van der Waals surface area contributed by atoms with Crippen molar-refractivity contribution in [3.63, 3.8) is 0 Å². The molecule has 0 saturated carbocycles. The second kappa shape index (κ2) is 6.57. The molecule has 0 aliphatic carbocycles. The largest absolute Gasteiger partial charge is 0.393 e. The van der Waals surface area contributed by atoms with E-state index in [1.807, 2.05) is 36.1 Å². The highest BCUT2D eigenvalue weighted by molar-refractivity contribution is 6.30. The molecule has 1 amide bonds. The van der Waals surface area contributed by atoms with Crippen molar-refractivity contribution in [2.75, 3.05) is 24.5 Å². The van der Waals surface area contributed by atoms with Crippen molar-refractivity contribution in [2.24, 2.45) is 5.92 Å². The van der Waals surface area contributed by atoms with Gasteiger partial charge in [-0.15, -0.1) is 0 Å². The molecule has 2 aliphatic heterocycles. The van der Waals surface area contributed by atoms with Crippen LogP contribution in [0, 0.1) is 5.92 Å². The van der Waals surface area contributed by atoms with Crippen LogP contribution in [0.1, 0.15) is 26.2 Å². The molecule has 4 nitrogen and oxygen atoms in total. The normalized spacial score (nSPS) is 28.1. The second-order valence-electron chi connectivity index (χ2n) is 6.41. The Morgan fingerprint density at radius 1 is 1.23 bits per heavy atom. The van der Waals surface area contributed by atoms with Crippen LogP contribution < -0.4 is 4.90 Å². The van der Waals surface area contributed by atoms with E-state index in [4.69, 9.17) is 11.6 Å². The van der Waals surface area contributed by atoms with Gasteiger partial charge < -0.3 is 10.0 Å². The van der Waals surface area contributed by atoms with E-state index < -0.39 is 0 Å². The fourth-order valence-electron chi connectivity index (χ4n) is 3.60. The number of carbonyl (C=O) groups is 1. The molecule has 5 heteroatoms. The lowest BCUT2D eigenvalue weighted by atomic mass is 9.92. The average Bonchev–Trinajstić information content (AvgIpc) is 2.90. The van der Waals surface area contributed by atoms with Gasteiger partial charge in [0.15, 0.2) is 0 Å². The smallest absolute Gasteiger partial charge is 0.244 e. The van der Waals surface area contributed by atoms with Crippen LogP contribution in [0.25, 0.3) is 0 Å². The van der Waals surface area contributed by atoms with Crippen molar-refractivity contribution in [3.8, 4) is 0 Å². The first-order valence-electron chi connectivity index (χ1n) is 8.05. The van der Waals surface area contributed by atoms with Gasteiger partial charge in [-0.3, -0.25) is 9.69 Å². The zero-order valence-electron chi connectivity index (χ0n) is 12.9. The van der Waals surface area contributed by atoms with Crippen LogP contribution >= 0.6 is 11.6 Å². The molecule has 1 aromatic rings. The molecule has 2 saturated heterocycles. The third-order valence-electron chi connectivity index (χ3n) is 4.93. The Bertz CT molecular complexity index is 532. The fraction of sp³-hybridized carbons (Fsp3) is 0.588. The molecule has 3 unspecified atom stereocenters. The third kappa shape index (κ3) is 3.14. The van der Waals surface area contributed by atoms with Crippen LogP contribution in [0.5, 0.6) is 0 Å². The fourth-order valence-corrected chi connectivity index (χ4v) is 3.72. The van der Waals surface area contributed by atoms with Gasteiger partial charge in [-0.25, -0.2) is 0 Å². The summed E-state index contributed by atoms with van der Waals surface area (Å²) in [6, 6.07) is 7.40. The van der Waals surface area contributed by atoms with E-state index in [1.54, 1.807) is 0 Å². The summed E-state index contributed by atoms with van der Waals surface area (Å²) in [5, 5.41) is 10.5. The first-order chi connectivity index (χ1) is 10.6. The SMILES string of the molecule is CC(O)C1CCCN(C2CCN(c3ccc(Cl)cc3)C2=O)C1.